The quantitative estimate of drug-likeness (QED) is 0.662. The maximum Gasteiger partial charge on any atom is 0.511 e. The fourth-order valence-corrected chi connectivity index (χ4v) is 3.30. The second-order valence-corrected chi connectivity index (χ2v) is 6.74. The second-order valence-electron chi connectivity index (χ2n) is 6.74. The van der Waals surface area contributed by atoms with Crippen LogP contribution in [0.15, 0.2) is 48.0 Å². The molecule has 0 fully saturated rings. The zero-order valence-electron chi connectivity index (χ0n) is 15.9. The summed E-state index contributed by atoms with van der Waals surface area (Å²) in [5, 5.41) is 12.2. The van der Waals surface area contributed by atoms with Crippen LogP contribution in [0.4, 0.5) is 23.7 Å². The van der Waals surface area contributed by atoms with E-state index >= 15 is 0 Å². The van der Waals surface area contributed by atoms with E-state index in [1.165, 1.54) is 31.3 Å². The third kappa shape index (κ3) is 4.13. The van der Waals surface area contributed by atoms with Gasteiger partial charge in [0.2, 0.25) is 5.88 Å². The lowest BCUT2D eigenvalue weighted by atomic mass is 9.83. The minimum absolute atomic E-state index is 0.103. The average Bonchev–Trinajstić information content (AvgIpc) is 2.61. The number of ether oxygens (including phenoxy) is 2. The largest absolute Gasteiger partial charge is 0.511 e. The summed E-state index contributed by atoms with van der Waals surface area (Å²) >= 11 is 0. The molecule has 1 aromatic heterocycles. The van der Waals surface area contributed by atoms with Gasteiger partial charge in [0.1, 0.15) is 5.76 Å². The van der Waals surface area contributed by atoms with Gasteiger partial charge in [-0.15, -0.1) is 0 Å². The van der Waals surface area contributed by atoms with E-state index in [2.05, 4.69) is 10.3 Å². The third-order valence-electron chi connectivity index (χ3n) is 4.32. The number of rotatable bonds is 4. The van der Waals surface area contributed by atoms with Gasteiger partial charge in [0, 0.05) is 11.9 Å². The summed E-state index contributed by atoms with van der Waals surface area (Å²) in [5.41, 5.74) is -0.0207. The van der Waals surface area contributed by atoms with E-state index in [9.17, 15) is 23.1 Å². The first-order valence-electron chi connectivity index (χ1n) is 8.79. The Morgan fingerprint density at radius 3 is 2.55 bits per heavy atom. The molecule has 1 aliphatic heterocycles. The molecule has 1 atom stereocenters. The highest BCUT2D eigenvalue weighted by Crippen LogP contribution is 2.48. The van der Waals surface area contributed by atoms with Crippen LogP contribution < -0.4 is 10.1 Å². The number of nitrogens with one attached hydrogen (secondary N) is 1. The van der Waals surface area contributed by atoms with Gasteiger partial charge in [-0.2, -0.15) is 13.2 Å². The molecule has 2 N–H and O–H groups in total. The first-order chi connectivity index (χ1) is 13.6. The Hall–Kier alpha value is -3.23. The van der Waals surface area contributed by atoms with Crippen molar-refractivity contribution in [2.75, 3.05) is 5.32 Å². The summed E-state index contributed by atoms with van der Waals surface area (Å²) in [4.78, 5) is 15.5. The van der Waals surface area contributed by atoms with Crippen LogP contribution in [0.3, 0.4) is 0 Å². The van der Waals surface area contributed by atoms with Crippen LogP contribution in [-0.2, 0) is 10.9 Å². The highest BCUT2D eigenvalue weighted by Gasteiger charge is 2.41. The highest BCUT2D eigenvalue weighted by molar-refractivity contribution is 5.70. The molecule has 2 aromatic rings. The molecule has 0 spiro atoms. The second kappa shape index (κ2) is 7.65. The number of hydrogen-bond donors (Lipinski definition) is 2. The molecule has 1 aromatic carbocycles. The number of alkyl halides is 3. The minimum Gasteiger partial charge on any atom is -0.475 e. The maximum absolute atomic E-state index is 13.7. The van der Waals surface area contributed by atoms with Gasteiger partial charge in [-0.1, -0.05) is 18.2 Å². The van der Waals surface area contributed by atoms with Gasteiger partial charge in [-0.3, -0.25) is 0 Å². The van der Waals surface area contributed by atoms with Crippen molar-refractivity contribution in [1.82, 2.24) is 4.98 Å². The molecule has 3 rings (SSSR count). The maximum atomic E-state index is 13.7. The third-order valence-corrected chi connectivity index (χ3v) is 4.32. The molecule has 0 aliphatic carbocycles. The van der Waals surface area contributed by atoms with E-state index in [-0.39, 0.29) is 34.6 Å². The summed E-state index contributed by atoms with van der Waals surface area (Å²) in [6, 6.07) is 6.57. The van der Waals surface area contributed by atoms with Gasteiger partial charge in [-0.05, 0) is 38.5 Å². The molecule has 1 aliphatic rings. The van der Waals surface area contributed by atoms with Gasteiger partial charge >= 0.3 is 12.3 Å². The number of benzene rings is 1. The molecule has 154 valence electrons. The van der Waals surface area contributed by atoms with Gasteiger partial charge < -0.3 is 19.9 Å². The van der Waals surface area contributed by atoms with Crippen molar-refractivity contribution in [3.05, 3.63) is 64.7 Å². The molecule has 0 saturated heterocycles. The highest BCUT2D eigenvalue weighted by atomic mass is 19.4. The van der Waals surface area contributed by atoms with Crippen molar-refractivity contribution in [3.8, 4) is 5.88 Å². The van der Waals surface area contributed by atoms with Gasteiger partial charge in [-0.25, -0.2) is 9.78 Å². The van der Waals surface area contributed by atoms with Crippen LogP contribution in [0.25, 0.3) is 0 Å². The Morgan fingerprint density at radius 2 is 1.93 bits per heavy atom. The number of nitrogens with zero attached hydrogens (tertiary/aromatic N) is 1. The lowest BCUT2D eigenvalue weighted by Crippen LogP contribution is -2.25. The molecule has 0 bridgehead atoms. The first-order valence-corrected chi connectivity index (χ1v) is 8.79. The Morgan fingerprint density at radius 1 is 1.24 bits per heavy atom. The van der Waals surface area contributed by atoms with Crippen molar-refractivity contribution in [3.63, 3.8) is 0 Å². The molecular weight excluding hydrogens is 389 g/mol. The number of allylic oxidation sites excluding steroid dienone is 2. The Bertz CT molecular complexity index is 970. The van der Waals surface area contributed by atoms with Crippen molar-refractivity contribution in [2.45, 2.75) is 39.0 Å². The molecule has 1 unspecified atom stereocenters. The van der Waals surface area contributed by atoms with E-state index < -0.39 is 23.8 Å². The van der Waals surface area contributed by atoms with E-state index in [1.54, 1.807) is 19.9 Å². The van der Waals surface area contributed by atoms with Gasteiger partial charge in [0.15, 0.2) is 0 Å². The molecule has 0 saturated carbocycles. The van der Waals surface area contributed by atoms with Crippen molar-refractivity contribution >= 4 is 11.8 Å². The molecule has 29 heavy (non-hydrogen) atoms. The number of carbonyl (C=O) groups is 1. The van der Waals surface area contributed by atoms with Crippen LogP contribution in [-0.4, -0.2) is 22.3 Å². The minimum atomic E-state index is -4.65. The molecule has 9 heteroatoms. The zero-order chi connectivity index (χ0) is 21.3. The predicted octanol–water partition coefficient (Wildman–Crippen LogP) is 5.37. The van der Waals surface area contributed by atoms with Crippen LogP contribution in [0.5, 0.6) is 5.88 Å². The Kier molecular flexibility index (Phi) is 5.41. The lowest BCUT2D eigenvalue weighted by Gasteiger charge is -2.32. The van der Waals surface area contributed by atoms with Crippen molar-refractivity contribution in [2.24, 2.45) is 0 Å². The molecular formula is C20H19F3N2O4. The topological polar surface area (TPSA) is 80.7 Å². The number of hydrogen-bond acceptors (Lipinski definition) is 5. The fourth-order valence-electron chi connectivity index (χ4n) is 3.30. The zero-order valence-corrected chi connectivity index (χ0v) is 15.9. The smallest absolute Gasteiger partial charge is 0.475 e. The molecule has 2 heterocycles. The SMILES string of the molecule is CC1=C(OC(=O)O)C(c2ccccc2C(F)(F)F)c2c(ccnc2OC(C)C)N1. The number of fused-ring (bicyclic) bond motifs is 1. The monoisotopic (exact) mass is 408 g/mol. The molecule has 0 amide bonds. The Balaban J connectivity index is 2.32. The summed E-state index contributed by atoms with van der Waals surface area (Å²) in [7, 11) is 0. The van der Waals surface area contributed by atoms with Crippen LogP contribution in [0, 0.1) is 0 Å². The fraction of sp³-hybridized carbons (Fsp3) is 0.300. The van der Waals surface area contributed by atoms with Crippen LogP contribution in [0.1, 0.15) is 43.4 Å². The van der Waals surface area contributed by atoms with Gasteiger partial charge in [0.05, 0.1) is 28.8 Å². The summed E-state index contributed by atoms with van der Waals surface area (Å²) < 4.78 is 51.9. The van der Waals surface area contributed by atoms with E-state index in [0.29, 0.717) is 5.69 Å². The number of aromatic nitrogens is 1. The summed E-state index contributed by atoms with van der Waals surface area (Å²) in [6.45, 7) is 5.05. The summed E-state index contributed by atoms with van der Waals surface area (Å²) in [5.74, 6) is -1.24. The van der Waals surface area contributed by atoms with Crippen molar-refractivity contribution < 1.29 is 32.5 Å². The normalized spacial score (nSPS) is 16.3. The number of pyridine rings is 1. The average molecular weight is 408 g/mol. The van der Waals surface area contributed by atoms with Crippen LogP contribution >= 0.6 is 0 Å². The first kappa shape index (κ1) is 20.5. The standard InChI is InChI=1S/C20H19F3N2O4/c1-10(2)28-18-16-14(8-9-24-18)25-11(3)17(29-19(26)27)15(16)12-6-4-5-7-13(12)20(21,22)23/h4-10,15,25H,1-3H3,(H,26,27). The van der Waals surface area contributed by atoms with Crippen LogP contribution in [0.2, 0.25) is 0 Å². The predicted molar refractivity (Wildman–Crippen MR) is 98.7 cm³/mol. The van der Waals surface area contributed by atoms with E-state index in [1.807, 2.05) is 0 Å². The van der Waals surface area contributed by atoms with Gasteiger partial charge in [0.25, 0.3) is 0 Å². The summed E-state index contributed by atoms with van der Waals surface area (Å²) in [6.07, 6.45) is -5.12. The van der Waals surface area contributed by atoms with E-state index in [4.69, 9.17) is 9.47 Å². The number of halogens is 3. The lowest BCUT2D eigenvalue weighted by molar-refractivity contribution is -0.138. The molecule has 0 radical (unpaired) electrons. The van der Waals surface area contributed by atoms with E-state index in [0.717, 1.165) is 6.07 Å². The van der Waals surface area contributed by atoms with Crippen molar-refractivity contribution in [1.29, 1.82) is 0 Å². The Labute approximate surface area is 165 Å². The molecule has 6 nitrogen and oxygen atoms in total. The number of carboxylic acid groups (broad SMARTS) is 1. The number of anilines is 1.